The van der Waals surface area contributed by atoms with Gasteiger partial charge in [-0.25, -0.2) is 9.59 Å². The average Bonchev–Trinajstić information content (AvgIpc) is 1.84. The highest BCUT2D eigenvalue weighted by molar-refractivity contribution is 5.86. The van der Waals surface area contributed by atoms with E-state index in [-0.39, 0.29) is 49.6 Å². The molecule has 0 aliphatic heterocycles. The Morgan fingerprint density at radius 2 is 0.857 bits per heavy atom. The van der Waals surface area contributed by atoms with Gasteiger partial charge in [0.05, 0.1) is 0 Å². The number of rotatable bonds is 3. The van der Waals surface area contributed by atoms with Gasteiger partial charge in [-0.15, -0.1) is 49.6 Å². The third kappa shape index (κ3) is 10.1. The van der Waals surface area contributed by atoms with E-state index in [4.69, 9.17) is 20.4 Å². The van der Waals surface area contributed by atoms with Crippen LogP contribution in [0.2, 0.25) is 0 Å². The van der Waals surface area contributed by atoms with Crippen LogP contribution in [0, 0.1) is 0 Å². The SMILES string of the molecule is Cl.Cl.Cl.Cl.O=C(O)C(O)C(O)C(=O)O. The molecule has 0 aliphatic carbocycles. The number of aliphatic hydroxyl groups is 2. The van der Waals surface area contributed by atoms with E-state index in [2.05, 4.69) is 0 Å². The van der Waals surface area contributed by atoms with Gasteiger partial charge in [0.1, 0.15) is 0 Å². The molecule has 0 heterocycles. The number of carboxylic acids is 2. The lowest BCUT2D eigenvalue weighted by Crippen LogP contribution is -2.39. The summed E-state index contributed by atoms with van der Waals surface area (Å²) in [6.07, 6.45) is -4.53. The molecule has 0 rings (SSSR count). The minimum Gasteiger partial charge on any atom is -0.479 e. The number of halogens is 4. The van der Waals surface area contributed by atoms with Gasteiger partial charge < -0.3 is 20.4 Å². The zero-order chi connectivity index (χ0) is 8.31. The molecule has 0 aromatic carbocycles. The van der Waals surface area contributed by atoms with E-state index in [1.54, 1.807) is 0 Å². The van der Waals surface area contributed by atoms with Crippen LogP contribution >= 0.6 is 49.6 Å². The van der Waals surface area contributed by atoms with Crippen molar-refractivity contribution in [3.8, 4) is 0 Å². The van der Waals surface area contributed by atoms with E-state index in [0.717, 1.165) is 0 Å². The van der Waals surface area contributed by atoms with E-state index in [1.165, 1.54) is 0 Å². The van der Waals surface area contributed by atoms with Crippen molar-refractivity contribution in [2.75, 3.05) is 0 Å². The van der Waals surface area contributed by atoms with Gasteiger partial charge in [0.15, 0.2) is 12.2 Å². The summed E-state index contributed by atoms with van der Waals surface area (Å²) in [4.78, 5) is 19.5. The van der Waals surface area contributed by atoms with Gasteiger partial charge in [-0.2, -0.15) is 0 Å². The molecule has 0 amide bonds. The molecule has 6 nitrogen and oxygen atoms in total. The van der Waals surface area contributed by atoms with Crippen LogP contribution in [0.4, 0.5) is 0 Å². The second-order valence-corrected chi connectivity index (χ2v) is 1.57. The molecule has 90 valence electrons. The third-order valence-corrected chi connectivity index (χ3v) is 0.805. The van der Waals surface area contributed by atoms with E-state index in [0.29, 0.717) is 0 Å². The van der Waals surface area contributed by atoms with Gasteiger partial charge in [0, 0.05) is 0 Å². The first-order valence-corrected chi connectivity index (χ1v) is 2.28. The fourth-order valence-corrected chi connectivity index (χ4v) is 0.270. The molecule has 0 aromatic heterocycles. The quantitative estimate of drug-likeness (QED) is 0.561. The van der Waals surface area contributed by atoms with Crippen LogP contribution < -0.4 is 0 Å². The van der Waals surface area contributed by atoms with Crippen LogP contribution in [0.3, 0.4) is 0 Å². The summed E-state index contributed by atoms with van der Waals surface area (Å²) in [6.45, 7) is 0. The lowest BCUT2D eigenvalue weighted by atomic mass is 10.2. The van der Waals surface area contributed by atoms with Gasteiger partial charge in [-0.05, 0) is 0 Å². The molecule has 4 N–H and O–H groups in total. The number of hydrogen-bond donors (Lipinski definition) is 4. The van der Waals surface area contributed by atoms with Gasteiger partial charge in [-0.3, -0.25) is 0 Å². The van der Waals surface area contributed by atoms with E-state index in [9.17, 15) is 9.59 Å². The van der Waals surface area contributed by atoms with Crippen LogP contribution in [0.15, 0.2) is 0 Å². The van der Waals surface area contributed by atoms with Crippen LogP contribution in [0.1, 0.15) is 0 Å². The van der Waals surface area contributed by atoms with Crippen molar-refractivity contribution in [2.24, 2.45) is 0 Å². The van der Waals surface area contributed by atoms with Crippen LogP contribution in [-0.4, -0.2) is 44.6 Å². The summed E-state index contributed by atoms with van der Waals surface area (Å²) in [5.74, 6) is -3.54. The zero-order valence-electron chi connectivity index (χ0n) is 6.39. The van der Waals surface area contributed by atoms with E-state index in [1.807, 2.05) is 0 Å². The Balaban J connectivity index is -0.0000000675. The third-order valence-electron chi connectivity index (χ3n) is 0.805. The van der Waals surface area contributed by atoms with E-state index >= 15 is 0 Å². The number of hydrogen-bond acceptors (Lipinski definition) is 4. The number of aliphatic hydroxyl groups excluding tert-OH is 2. The molecule has 0 radical (unpaired) electrons. The minimum absolute atomic E-state index is 0. The monoisotopic (exact) mass is 294 g/mol. The van der Waals surface area contributed by atoms with Crippen molar-refractivity contribution >= 4 is 61.6 Å². The number of aliphatic carboxylic acids is 2. The van der Waals surface area contributed by atoms with Crippen molar-refractivity contribution in [3.05, 3.63) is 0 Å². The molecule has 0 aromatic rings. The Morgan fingerprint density at radius 3 is 0.929 bits per heavy atom. The summed E-state index contributed by atoms with van der Waals surface area (Å²) in [5.41, 5.74) is 0. The van der Waals surface area contributed by atoms with Crippen molar-refractivity contribution in [1.29, 1.82) is 0 Å². The molecule has 0 spiro atoms. The van der Waals surface area contributed by atoms with Crippen LogP contribution in [0.5, 0.6) is 0 Å². The molecule has 2 atom stereocenters. The first kappa shape index (κ1) is 29.2. The lowest BCUT2D eigenvalue weighted by Gasteiger charge is -2.07. The summed E-state index contributed by atoms with van der Waals surface area (Å²) in [5, 5.41) is 32.5. The summed E-state index contributed by atoms with van der Waals surface area (Å²) < 4.78 is 0. The molecule has 0 saturated heterocycles. The number of carboxylic acid groups (broad SMARTS) is 2. The Hall–Kier alpha value is 0.0200. The maximum atomic E-state index is 9.77. The Bertz CT molecular complexity index is 146. The van der Waals surface area contributed by atoms with Crippen LogP contribution in [-0.2, 0) is 9.59 Å². The first-order chi connectivity index (χ1) is 4.46. The number of carbonyl (C=O) groups is 2. The smallest absolute Gasteiger partial charge is 0.335 e. The van der Waals surface area contributed by atoms with Crippen molar-refractivity contribution < 1.29 is 30.0 Å². The van der Waals surface area contributed by atoms with Crippen LogP contribution in [0.25, 0.3) is 0 Å². The Labute approximate surface area is 104 Å². The molecular weight excluding hydrogens is 286 g/mol. The van der Waals surface area contributed by atoms with Gasteiger partial charge >= 0.3 is 11.9 Å². The summed E-state index contributed by atoms with van der Waals surface area (Å²) in [6, 6.07) is 0. The Morgan fingerprint density at radius 1 is 0.714 bits per heavy atom. The highest BCUT2D eigenvalue weighted by Crippen LogP contribution is 1.92. The first-order valence-electron chi connectivity index (χ1n) is 2.28. The normalized spacial score (nSPS) is 11.3. The average molecular weight is 296 g/mol. The molecule has 0 aliphatic rings. The minimum atomic E-state index is -2.27. The molecule has 0 saturated carbocycles. The fourth-order valence-electron chi connectivity index (χ4n) is 0.270. The summed E-state index contributed by atoms with van der Waals surface area (Å²) >= 11 is 0. The molecule has 0 bridgehead atoms. The molecule has 2 unspecified atom stereocenters. The maximum absolute atomic E-state index is 9.77. The second kappa shape index (κ2) is 13.0. The van der Waals surface area contributed by atoms with Crippen molar-refractivity contribution in [3.63, 3.8) is 0 Å². The predicted octanol–water partition coefficient (Wildman–Crippen LogP) is -0.435. The van der Waals surface area contributed by atoms with Gasteiger partial charge in [0.2, 0.25) is 0 Å². The Kier molecular flexibility index (Phi) is 27.2. The maximum Gasteiger partial charge on any atom is 0.335 e. The van der Waals surface area contributed by atoms with Gasteiger partial charge in [-0.1, -0.05) is 0 Å². The molecule has 0 fully saturated rings. The topological polar surface area (TPSA) is 115 Å². The highest BCUT2D eigenvalue weighted by atomic mass is 35.5. The standard InChI is InChI=1S/C4H6O6.4ClH/c5-1(3(7)8)2(6)4(9)10;;;;/h1-2,5-6H,(H,7,8)(H,9,10);4*1H. The fraction of sp³-hybridized carbons (Fsp3) is 0.500. The zero-order valence-corrected chi connectivity index (χ0v) is 9.66. The van der Waals surface area contributed by atoms with E-state index < -0.39 is 24.1 Å². The predicted molar refractivity (Wildman–Crippen MR) is 56.3 cm³/mol. The summed E-state index contributed by atoms with van der Waals surface area (Å²) in [7, 11) is 0. The largest absolute Gasteiger partial charge is 0.479 e. The van der Waals surface area contributed by atoms with Gasteiger partial charge in [0.25, 0.3) is 0 Å². The highest BCUT2D eigenvalue weighted by Gasteiger charge is 2.29. The molecule has 10 heteroatoms. The molecular formula is C4H10Cl4O6. The molecule has 14 heavy (non-hydrogen) atoms. The van der Waals surface area contributed by atoms with Crippen molar-refractivity contribution in [1.82, 2.24) is 0 Å². The second-order valence-electron chi connectivity index (χ2n) is 1.57. The lowest BCUT2D eigenvalue weighted by molar-refractivity contribution is -0.165. The van der Waals surface area contributed by atoms with Crippen molar-refractivity contribution in [2.45, 2.75) is 12.2 Å².